The molecule has 0 fully saturated rings. The van der Waals surface area contributed by atoms with E-state index in [1.54, 1.807) is 12.1 Å². The molecule has 0 aliphatic heterocycles. The van der Waals surface area contributed by atoms with Crippen molar-refractivity contribution in [2.45, 2.75) is 26.2 Å². The SMILES string of the molecule is Cc1ccc2c(c1)c1cc(C(F)(F)F)ccc1n2-c1ccc(-c2ccc3c(c2)c2cc(-c4ccc(-n5c6ccc(C)cc6c6cc(C(F)(F)F)ccc65)cc4)ccc2n3-c2ccc(-c3c4ccccc4c(-c4ccccc4)c4ccccc34)cc2)cc1. The maximum Gasteiger partial charge on any atom is 0.416 e. The smallest absolute Gasteiger partial charge is 0.309 e. The normalized spacial score (nSPS) is 12.4. The summed E-state index contributed by atoms with van der Waals surface area (Å²) >= 11 is 0. The number of hydrogen-bond acceptors (Lipinski definition) is 0. The Balaban J connectivity index is 0.829. The monoisotopic (exact) mass is 1140 g/mol. The van der Waals surface area contributed by atoms with Crippen molar-refractivity contribution in [1.29, 1.82) is 0 Å². The topological polar surface area (TPSA) is 14.8 Å². The lowest BCUT2D eigenvalue weighted by Crippen LogP contribution is -2.04. The van der Waals surface area contributed by atoms with Crippen molar-refractivity contribution in [3.8, 4) is 61.6 Å². The number of aromatic nitrogens is 3. The van der Waals surface area contributed by atoms with Gasteiger partial charge in [0.25, 0.3) is 0 Å². The van der Waals surface area contributed by atoms with Crippen LogP contribution in [0.4, 0.5) is 26.3 Å². The van der Waals surface area contributed by atoms with Gasteiger partial charge in [-0.3, -0.25) is 0 Å². The van der Waals surface area contributed by atoms with Crippen molar-refractivity contribution in [3.05, 3.63) is 283 Å². The zero-order valence-corrected chi connectivity index (χ0v) is 46.9. The molecule has 0 bridgehead atoms. The van der Waals surface area contributed by atoms with Crippen molar-refractivity contribution in [2.24, 2.45) is 0 Å². The molecule has 87 heavy (non-hydrogen) atoms. The van der Waals surface area contributed by atoms with Crippen LogP contribution in [0.25, 0.3) is 149 Å². The highest BCUT2D eigenvalue weighted by Gasteiger charge is 2.33. The molecule has 3 nitrogen and oxygen atoms in total. The van der Waals surface area contributed by atoms with Gasteiger partial charge in [-0.15, -0.1) is 0 Å². The lowest BCUT2D eigenvalue weighted by Gasteiger charge is -2.18. The Morgan fingerprint density at radius 3 is 0.862 bits per heavy atom. The van der Waals surface area contributed by atoms with Crippen LogP contribution in [0, 0.1) is 13.8 Å². The Morgan fingerprint density at radius 2 is 0.506 bits per heavy atom. The second-order valence-corrected chi connectivity index (χ2v) is 22.8. The zero-order chi connectivity index (χ0) is 59.0. The van der Waals surface area contributed by atoms with Gasteiger partial charge in [0, 0.05) is 49.4 Å². The van der Waals surface area contributed by atoms with E-state index in [1.807, 2.05) is 83.6 Å². The van der Waals surface area contributed by atoms with Crippen LogP contribution in [-0.2, 0) is 12.4 Å². The van der Waals surface area contributed by atoms with E-state index in [9.17, 15) is 26.3 Å². The molecular weight excluding hydrogens is 1090 g/mol. The highest BCUT2D eigenvalue weighted by molar-refractivity contribution is 6.22. The van der Waals surface area contributed by atoms with Gasteiger partial charge in [0.2, 0.25) is 0 Å². The summed E-state index contributed by atoms with van der Waals surface area (Å²) in [6, 6.07) is 86.2. The minimum Gasteiger partial charge on any atom is -0.309 e. The lowest BCUT2D eigenvalue weighted by molar-refractivity contribution is -0.138. The number of hydrogen-bond donors (Lipinski definition) is 0. The predicted molar refractivity (Wildman–Crippen MR) is 346 cm³/mol. The Hall–Kier alpha value is -10.6. The molecule has 0 radical (unpaired) electrons. The number of halogens is 6. The Bertz CT molecular complexity index is 5180. The van der Waals surface area contributed by atoms with Crippen molar-refractivity contribution in [3.63, 3.8) is 0 Å². The molecule has 0 N–H and O–H groups in total. The number of benzene rings is 13. The standard InChI is InChI=1S/C78H49F6N3/c1-46-16-34-69-63(40-46)67-44-54(77(79,80)81)26-38-73(67)85(69)56-28-18-48(19-29-56)52-24-36-71-65(42-52)66-43-53(49-20-30-57(31-21-49)86-70-35-17-47(2)41-64(70)68-45-55(78(82,83)84)27-39-74(68)86)25-37-72(66)87(71)58-32-22-51(23-33-58)76-61-14-8-6-12-59(61)75(50-10-4-3-5-11-50)60-13-7-9-15-62(60)76/h3-45H,1-2H3. The molecular formula is C78H49F6N3. The summed E-state index contributed by atoms with van der Waals surface area (Å²) in [5.41, 5.74) is 16.9. The third-order valence-electron chi connectivity index (χ3n) is 17.6. The molecule has 0 spiro atoms. The summed E-state index contributed by atoms with van der Waals surface area (Å²) in [6.07, 6.45) is -8.95. The molecule has 418 valence electrons. The number of aryl methyl sites for hydroxylation is 2. The molecule has 13 aromatic carbocycles. The zero-order valence-electron chi connectivity index (χ0n) is 46.9. The van der Waals surface area contributed by atoms with Gasteiger partial charge in [0.1, 0.15) is 0 Å². The van der Waals surface area contributed by atoms with E-state index in [1.165, 1.54) is 50.4 Å². The fraction of sp³-hybridized carbons (Fsp3) is 0.0513. The van der Waals surface area contributed by atoms with Gasteiger partial charge in [-0.25, -0.2) is 0 Å². The van der Waals surface area contributed by atoms with Crippen LogP contribution in [0.2, 0.25) is 0 Å². The van der Waals surface area contributed by atoms with Gasteiger partial charge in [-0.05, 0) is 201 Å². The molecule has 3 aromatic heterocycles. The number of fused-ring (bicyclic) bond motifs is 11. The van der Waals surface area contributed by atoms with Gasteiger partial charge >= 0.3 is 12.4 Å². The van der Waals surface area contributed by atoms with Gasteiger partial charge in [0.05, 0.1) is 44.2 Å². The molecule has 0 aliphatic carbocycles. The van der Waals surface area contributed by atoms with E-state index in [0.29, 0.717) is 21.8 Å². The van der Waals surface area contributed by atoms with Crippen LogP contribution < -0.4 is 0 Å². The van der Waals surface area contributed by atoms with Gasteiger partial charge in [-0.1, -0.05) is 151 Å². The summed E-state index contributed by atoms with van der Waals surface area (Å²) in [6.45, 7) is 3.89. The molecule has 9 heteroatoms. The quantitative estimate of drug-likeness (QED) is 0.112. The third-order valence-corrected chi connectivity index (χ3v) is 17.6. The molecule has 0 saturated heterocycles. The van der Waals surface area contributed by atoms with Gasteiger partial charge in [0.15, 0.2) is 0 Å². The van der Waals surface area contributed by atoms with Crippen LogP contribution in [-0.4, -0.2) is 13.7 Å². The van der Waals surface area contributed by atoms with Crippen molar-refractivity contribution < 1.29 is 26.3 Å². The predicted octanol–water partition coefficient (Wildman–Crippen LogP) is 22.6. The Kier molecular flexibility index (Phi) is 11.6. The fourth-order valence-electron chi connectivity index (χ4n) is 13.6. The van der Waals surface area contributed by atoms with Crippen LogP contribution in [0.15, 0.2) is 261 Å². The van der Waals surface area contributed by atoms with E-state index in [-0.39, 0.29) is 0 Å². The summed E-state index contributed by atoms with van der Waals surface area (Å²) in [5.74, 6) is 0. The van der Waals surface area contributed by atoms with Crippen molar-refractivity contribution in [2.75, 3.05) is 0 Å². The summed E-state index contributed by atoms with van der Waals surface area (Å²) in [7, 11) is 0. The highest BCUT2D eigenvalue weighted by Crippen LogP contribution is 2.46. The summed E-state index contributed by atoms with van der Waals surface area (Å²) < 4.78 is 90.7. The molecule has 0 unspecified atom stereocenters. The maximum absolute atomic E-state index is 14.1. The molecule has 16 aromatic rings. The molecule has 0 aliphatic rings. The molecule has 0 atom stereocenters. The summed E-state index contributed by atoms with van der Waals surface area (Å²) in [4.78, 5) is 0. The first-order valence-corrected chi connectivity index (χ1v) is 28.9. The second-order valence-electron chi connectivity index (χ2n) is 22.8. The van der Waals surface area contributed by atoms with E-state index in [2.05, 4.69) is 168 Å². The molecule has 0 amide bonds. The first-order valence-electron chi connectivity index (χ1n) is 28.9. The second kappa shape index (κ2) is 19.5. The summed E-state index contributed by atoms with van der Waals surface area (Å²) in [5, 5.41) is 9.42. The molecule has 3 heterocycles. The van der Waals surface area contributed by atoms with Gasteiger partial charge < -0.3 is 13.7 Å². The highest BCUT2D eigenvalue weighted by atomic mass is 19.4. The Labute approximate surface area is 495 Å². The van der Waals surface area contributed by atoms with E-state index >= 15 is 0 Å². The largest absolute Gasteiger partial charge is 0.416 e. The molecule has 0 saturated carbocycles. The lowest BCUT2D eigenvalue weighted by atomic mass is 9.86. The third kappa shape index (κ3) is 8.43. The van der Waals surface area contributed by atoms with Crippen LogP contribution in [0.1, 0.15) is 22.3 Å². The first kappa shape index (κ1) is 52.0. The van der Waals surface area contributed by atoms with Crippen molar-refractivity contribution >= 4 is 87.0 Å². The maximum atomic E-state index is 14.1. The van der Waals surface area contributed by atoms with E-state index < -0.39 is 23.5 Å². The van der Waals surface area contributed by atoms with Crippen molar-refractivity contribution in [1.82, 2.24) is 13.7 Å². The number of nitrogens with zero attached hydrogens (tertiary/aromatic N) is 3. The first-order chi connectivity index (χ1) is 42.2. The number of rotatable bonds is 7. The van der Waals surface area contributed by atoms with E-state index in [0.717, 1.165) is 112 Å². The number of alkyl halides is 6. The minimum atomic E-state index is -4.48. The van der Waals surface area contributed by atoms with Crippen LogP contribution in [0.5, 0.6) is 0 Å². The van der Waals surface area contributed by atoms with Gasteiger partial charge in [-0.2, -0.15) is 26.3 Å². The molecule has 16 rings (SSSR count). The van der Waals surface area contributed by atoms with Crippen LogP contribution in [0.3, 0.4) is 0 Å². The minimum absolute atomic E-state index is 0.544. The van der Waals surface area contributed by atoms with E-state index in [4.69, 9.17) is 0 Å². The average Bonchev–Trinajstić information content (AvgIpc) is 1.79. The average molecular weight is 1140 g/mol. The Morgan fingerprint density at radius 1 is 0.230 bits per heavy atom. The fourth-order valence-corrected chi connectivity index (χ4v) is 13.6. The van der Waals surface area contributed by atoms with Crippen LogP contribution >= 0.6 is 0 Å².